The number of allylic oxidation sites excluding steroid dienone is 1. The van der Waals surface area contributed by atoms with Crippen LogP contribution < -0.4 is 19.6 Å². The molecule has 2 aromatic heterocycles. The number of amides is 4. The first kappa shape index (κ1) is 41.6. The standard InChI is InChI=1S/C20H21ClFN3O3.C20H19ClFN3O3/c2*1-11(2)13-7-12(3)23-18(8-13)25-17(10-28-20(25)27)19(26)24(4)14-5-6-16(22)15(21)9-14/h5-9,11,17H,10H2,1-4H3;5-9,17H,1,10H2,2-4H3/t2*17-/m00/s1. The van der Waals surface area contributed by atoms with Gasteiger partial charge in [-0.05, 0) is 98.5 Å². The van der Waals surface area contributed by atoms with E-state index < -0.39 is 41.8 Å². The molecule has 0 saturated carbocycles. The van der Waals surface area contributed by atoms with Gasteiger partial charge in [0.1, 0.15) is 36.5 Å². The van der Waals surface area contributed by atoms with Crippen LogP contribution >= 0.6 is 23.2 Å². The van der Waals surface area contributed by atoms with E-state index in [0.29, 0.717) is 28.7 Å². The molecule has 4 heterocycles. The molecule has 16 heteroatoms. The summed E-state index contributed by atoms with van der Waals surface area (Å²) in [5, 5.41) is -0.186. The van der Waals surface area contributed by atoms with E-state index in [1.807, 2.05) is 39.8 Å². The normalized spacial score (nSPS) is 16.3. The maximum Gasteiger partial charge on any atom is 0.416 e. The third-order valence-corrected chi connectivity index (χ3v) is 9.69. The second kappa shape index (κ2) is 17.0. The number of anilines is 4. The zero-order chi connectivity index (χ0) is 41.2. The number of aromatic nitrogens is 2. The Labute approximate surface area is 333 Å². The molecule has 12 nitrogen and oxygen atoms in total. The van der Waals surface area contributed by atoms with Gasteiger partial charge in [-0.3, -0.25) is 9.59 Å². The fraction of sp³-hybridized carbons (Fsp3) is 0.300. The van der Waals surface area contributed by atoms with Crippen LogP contribution in [-0.2, 0) is 19.1 Å². The average molecular weight is 810 g/mol. The van der Waals surface area contributed by atoms with Crippen molar-refractivity contribution in [1.82, 2.24) is 9.97 Å². The highest BCUT2D eigenvalue weighted by Gasteiger charge is 2.43. The van der Waals surface area contributed by atoms with E-state index in [9.17, 15) is 28.0 Å². The highest BCUT2D eigenvalue weighted by molar-refractivity contribution is 6.31. The molecule has 0 bridgehead atoms. The van der Waals surface area contributed by atoms with E-state index >= 15 is 0 Å². The molecule has 2 aliphatic heterocycles. The summed E-state index contributed by atoms with van der Waals surface area (Å²) >= 11 is 11.6. The van der Waals surface area contributed by atoms with Gasteiger partial charge in [-0.1, -0.05) is 49.2 Å². The average Bonchev–Trinajstić information content (AvgIpc) is 3.74. The van der Waals surface area contributed by atoms with Crippen LogP contribution in [0.3, 0.4) is 0 Å². The van der Waals surface area contributed by atoms with Crippen LogP contribution in [0.4, 0.5) is 41.4 Å². The van der Waals surface area contributed by atoms with Crippen LogP contribution in [-0.4, -0.2) is 73.4 Å². The van der Waals surface area contributed by atoms with Gasteiger partial charge in [-0.2, -0.15) is 0 Å². The van der Waals surface area contributed by atoms with Gasteiger partial charge in [-0.25, -0.2) is 38.1 Å². The molecular formula is C40H40Cl2F2N6O6. The van der Waals surface area contributed by atoms with Crippen molar-refractivity contribution in [1.29, 1.82) is 0 Å². The van der Waals surface area contributed by atoms with Crippen LogP contribution in [0.5, 0.6) is 0 Å². The second-order valence-corrected chi connectivity index (χ2v) is 14.4. The van der Waals surface area contributed by atoms with Gasteiger partial charge in [0.05, 0.1) is 10.0 Å². The first-order valence-electron chi connectivity index (χ1n) is 17.4. The lowest BCUT2D eigenvalue weighted by molar-refractivity contribution is -0.120. The van der Waals surface area contributed by atoms with Crippen LogP contribution in [0.15, 0.2) is 67.2 Å². The summed E-state index contributed by atoms with van der Waals surface area (Å²) in [4.78, 5) is 64.7. The Morgan fingerprint density at radius 1 is 0.768 bits per heavy atom. The summed E-state index contributed by atoms with van der Waals surface area (Å²) in [6.07, 6.45) is -1.29. The van der Waals surface area contributed by atoms with Crippen LogP contribution in [0.25, 0.3) is 5.57 Å². The lowest BCUT2D eigenvalue weighted by Crippen LogP contribution is -2.47. The summed E-state index contributed by atoms with van der Waals surface area (Å²) in [7, 11) is 3.06. The van der Waals surface area contributed by atoms with Gasteiger partial charge < -0.3 is 19.3 Å². The predicted octanol–water partition coefficient (Wildman–Crippen LogP) is 8.50. The first-order valence-corrected chi connectivity index (χ1v) is 18.1. The number of rotatable bonds is 8. The molecule has 4 amide bonds. The van der Waals surface area contributed by atoms with E-state index in [1.165, 1.54) is 70.1 Å². The number of aryl methyl sites for hydroxylation is 2. The van der Waals surface area contributed by atoms with Crippen molar-refractivity contribution in [3.8, 4) is 0 Å². The highest BCUT2D eigenvalue weighted by atomic mass is 35.5. The van der Waals surface area contributed by atoms with Crippen molar-refractivity contribution in [3.63, 3.8) is 0 Å². The molecule has 0 radical (unpaired) electrons. The maximum absolute atomic E-state index is 13.4. The summed E-state index contributed by atoms with van der Waals surface area (Å²) < 4.78 is 37.1. The van der Waals surface area contributed by atoms with Crippen molar-refractivity contribution in [2.75, 3.05) is 46.9 Å². The number of benzene rings is 2. The number of likely N-dealkylation sites (N-methyl/N-ethyl adjacent to an activating group) is 2. The Morgan fingerprint density at radius 2 is 1.20 bits per heavy atom. The number of carbonyl (C=O) groups excluding carboxylic acids is 4. The monoisotopic (exact) mass is 808 g/mol. The predicted molar refractivity (Wildman–Crippen MR) is 212 cm³/mol. The molecule has 0 spiro atoms. The van der Waals surface area contributed by atoms with Crippen molar-refractivity contribution in [3.05, 3.63) is 111 Å². The van der Waals surface area contributed by atoms with Gasteiger partial charge in [0.25, 0.3) is 11.8 Å². The summed E-state index contributed by atoms with van der Waals surface area (Å²) in [6, 6.07) is 13.4. The molecule has 0 N–H and O–H groups in total. The summed E-state index contributed by atoms with van der Waals surface area (Å²) in [5.74, 6) is -1.03. The topological polar surface area (TPSA) is 125 Å². The molecule has 2 atom stereocenters. The first-order chi connectivity index (χ1) is 26.4. The number of carbonyl (C=O) groups is 4. The van der Waals surface area contributed by atoms with Gasteiger partial charge >= 0.3 is 12.2 Å². The van der Waals surface area contributed by atoms with Crippen molar-refractivity contribution in [2.24, 2.45) is 0 Å². The molecule has 0 unspecified atom stereocenters. The number of cyclic esters (lactones) is 2. The number of halogens is 4. The zero-order valence-electron chi connectivity index (χ0n) is 31.8. The second-order valence-electron chi connectivity index (χ2n) is 13.6. The van der Waals surface area contributed by atoms with Crippen molar-refractivity contribution in [2.45, 2.75) is 52.6 Å². The molecule has 2 saturated heterocycles. The molecule has 6 rings (SSSR count). The molecule has 2 aliphatic rings. The number of ether oxygens (including phenoxy) is 2. The Kier molecular flexibility index (Phi) is 12.6. The molecular weight excluding hydrogens is 769 g/mol. The third-order valence-electron chi connectivity index (χ3n) is 9.11. The van der Waals surface area contributed by atoms with Gasteiger partial charge in [0.2, 0.25) is 0 Å². The van der Waals surface area contributed by atoms with E-state index in [0.717, 1.165) is 22.4 Å². The Balaban J connectivity index is 0.000000214. The van der Waals surface area contributed by atoms with Crippen molar-refractivity contribution < 1.29 is 37.4 Å². The molecule has 56 heavy (non-hydrogen) atoms. The number of hydrogen-bond donors (Lipinski definition) is 0. The van der Waals surface area contributed by atoms with Crippen LogP contribution in [0.2, 0.25) is 10.0 Å². The maximum atomic E-state index is 13.4. The number of nitrogens with zero attached hydrogens (tertiary/aromatic N) is 6. The SMILES string of the molecule is C=C(C)c1cc(C)nc(N2C(=O)OC[C@H]2C(=O)N(C)c2ccc(F)c(Cl)c2)c1.Cc1cc(C(C)C)cc(N2C(=O)OC[C@H]2C(=O)N(C)c2ccc(F)c(Cl)c2)n1. The molecule has 2 aromatic carbocycles. The van der Waals surface area contributed by atoms with Crippen LogP contribution in [0.1, 0.15) is 49.2 Å². The largest absolute Gasteiger partial charge is 0.446 e. The summed E-state index contributed by atoms with van der Waals surface area (Å²) in [5.41, 5.74) is 4.86. The van der Waals surface area contributed by atoms with Crippen LogP contribution in [0, 0.1) is 25.5 Å². The lowest BCUT2D eigenvalue weighted by atomic mass is 10.0. The quantitative estimate of drug-likeness (QED) is 0.174. The minimum absolute atomic E-state index is 0.0883. The Bertz CT molecular complexity index is 2220. The molecule has 4 aromatic rings. The Morgan fingerprint density at radius 3 is 1.61 bits per heavy atom. The van der Waals surface area contributed by atoms with Gasteiger partial charge in [0.15, 0.2) is 12.1 Å². The van der Waals surface area contributed by atoms with E-state index in [1.54, 1.807) is 19.1 Å². The minimum atomic E-state index is -0.909. The number of pyridine rings is 2. The van der Waals surface area contributed by atoms with E-state index in [2.05, 4.69) is 16.5 Å². The molecule has 0 aliphatic carbocycles. The number of hydrogen-bond acceptors (Lipinski definition) is 8. The lowest BCUT2D eigenvalue weighted by Gasteiger charge is -2.26. The fourth-order valence-corrected chi connectivity index (χ4v) is 6.31. The third kappa shape index (κ3) is 8.92. The Hall–Kier alpha value is -5.60. The van der Waals surface area contributed by atoms with Gasteiger partial charge in [-0.15, -0.1) is 0 Å². The van der Waals surface area contributed by atoms with E-state index in [-0.39, 0.29) is 35.1 Å². The zero-order valence-corrected chi connectivity index (χ0v) is 33.3. The van der Waals surface area contributed by atoms with Gasteiger partial charge in [0, 0.05) is 36.9 Å². The highest BCUT2D eigenvalue weighted by Crippen LogP contribution is 2.30. The van der Waals surface area contributed by atoms with E-state index in [4.69, 9.17) is 32.7 Å². The van der Waals surface area contributed by atoms with Crippen molar-refractivity contribution >= 4 is 75.8 Å². The minimum Gasteiger partial charge on any atom is -0.446 e. The molecule has 294 valence electrons. The smallest absolute Gasteiger partial charge is 0.416 e. The fourth-order valence-electron chi connectivity index (χ4n) is 5.96. The molecule has 2 fully saturated rings. The summed E-state index contributed by atoms with van der Waals surface area (Å²) in [6.45, 7) is 13.2.